The highest BCUT2D eigenvalue weighted by Gasteiger charge is 2.05. The summed E-state index contributed by atoms with van der Waals surface area (Å²) in [6.45, 7) is 1.54. The molecule has 0 fully saturated rings. The van der Waals surface area contributed by atoms with Gasteiger partial charge in [-0.15, -0.1) is 0 Å². The van der Waals surface area contributed by atoms with Gasteiger partial charge in [0.15, 0.2) is 5.78 Å². The maximum absolute atomic E-state index is 12.8. The van der Waals surface area contributed by atoms with E-state index in [0.29, 0.717) is 5.56 Å². The molecule has 2 nitrogen and oxygen atoms in total. The van der Waals surface area contributed by atoms with E-state index >= 15 is 0 Å². The minimum Gasteiger partial charge on any atom is -0.345 e. The van der Waals surface area contributed by atoms with Crippen LogP contribution in [0.2, 0.25) is 0 Å². The highest BCUT2D eigenvalue weighted by Crippen LogP contribution is 2.23. The van der Waals surface area contributed by atoms with Gasteiger partial charge in [-0.3, -0.25) is 4.79 Å². The van der Waals surface area contributed by atoms with Crippen molar-refractivity contribution in [1.82, 2.24) is 0 Å². The first-order valence-corrected chi connectivity index (χ1v) is 5.68. The second-order valence-electron chi connectivity index (χ2n) is 4.14. The SMILES string of the molecule is CC(=O)c1ccc(N(C)c2ccc(F)cc2)cc1. The van der Waals surface area contributed by atoms with E-state index in [0.717, 1.165) is 11.4 Å². The Hall–Kier alpha value is -2.16. The Morgan fingerprint density at radius 1 is 0.944 bits per heavy atom. The van der Waals surface area contributed by atoms with Crippen molar-refractivity contribution >= 4 is 17.2 Å². The standard InChI is InChI=1S/C15H14FNO/c1-11(18)12-3-7-14(8-4-12)17(2)15-9-5-13(16)6-10-15/h3-10H,1-2H3. The molecule has 0 aromatic heterocycles. The first-order chi connectivity index (χ1) is 8.58. The summed E-state index contributed by atoms with van der Waals surface area (Å²) in [6.07, 6.45) is 0. The lowest BCUT2D eigenvalue weighted by molar-refractivity contribution is 0.101. The molecule has 2 aromatic rings. The fourth-order valence-electron chi connectivity index (χ4n) is 1.73. The van der Waals surface area contributed by atoms with E-state index in [9.17, 15) is 9.18 Å². The molecule has 0 saturated heterocycles. The summed E-state index contributed by atoms with van der Waals surface area (Å²) >= 11 is 0. The summed E-state index contributed by atoms with van der Waals surface area (Å²) in [4.78, 5) is 13.1. The molecule has 0 N–H and O–H groups in total. The van der Waals surface area contributed by atoms with Crippen molar-refractivity contribution in [1.29, 1.82) is 0 Å². The number of rotatable bonds is 3. The Labute approximate surface area is 106 Å². The van der Waals surface area contributed by atoms with Crippen LogP contribution in [0.5, 0.6) is 0 Å². The summed E-state index contributed by atoms with van der Waals surface area (Å²) in [5.41, 5.74) is 2.53. The predicted octanol–water partition coefficient (Wildman–Crippen LogP) is 3.80. The van der Waals surface area contributed by atoms with Gasteiger partial charge in [0.2, 0.25) is 0 Å². The second kappa shape index (κ2) is 5.00. The molecule has 0 saturated carbocycles. The minimum absolute atomic E-state index is 0.0472. The summed E-state index contributed by atoms with van der Waals surface area (Å²) < 4.78 is 12.8. The van der Waals surface area contributed by atoms with Crippen molar-refractivity contribution in [3.05, 3.63) is 59.9 Å². The highest BCUT2D eigenvalue weighted by molar-refractivity contribution is 5.94. The zero-order valence-electron chi connectivity index (χ0n) is 10.4. The summed E-state index contributed by atoms with van der Waals surface area (Å²) in [5, 5.41) is 0. The lowest BCUT2D eigenvalue weighted by atomic mass is 10.1. The molecule has 0 amide bonds. The molecule has 2 rings (SSSR count). The van der Waals surface area contributed by atoms with Crippen molar-refractivity contribution in [3.63, 3.8) is 0 Å². The fraction of sp³-hybridized carbons (Fsp3) is 0.133. The number of carbonyl (C=O) groups excluding carboxylic acids is 1. The van der Waals surface area contributed by atoms with Crippen LogP contribution in [-0.4, -0.2) is 12.8 Å². The van der Waals surface area contributed by atoms with Crippen molar-refractivity contribution < 1.29 is 9.18 Å². The number of ketones is 1. The number of Topliss-reactive ketones (excluding diaryl/α,β-unsaturated/α-hetero) is 1. The van der Waals surface area contributed by atoms with E-state index in [1.165, 1.54) is 12.1 Å². The molecule has 2 aromatic carbocycles. The average Bonchev–Trinajstić information content (AvgIpc) is 2.39. The summed E-state index contributed by atoms with van der Waals surface area (Å²) in [7, 11) is 1.90. The molecule has 18 heavy (non-hydrogen) atoms. The molecule has 0 unspecified atom stereocenters. The Morgan fingerprint density at radius 3 is 1.83 bits per heavy atom. The molecule has 0 spiro atoms. The smallest absolute Gasteiger partial charge is 0.159 e. The largest absolute Gasteiger partial charge is 0.345 e. The summed E-state index contributed by atoms with van der Waals surface area (Å²) in [6, 6.07) is 13.6. The van der Waals surface area contributed by atoms with Gasteiger partial charge in [-0.1, -0.05) is 0 Å². The Kier molecular flexibility index (Phi) is 3.42. The van der Waals surface area contributed by atoms with Gasteiger partial charge in [0, 0.05) is 24.0 Å². The number of anilines is 2. The van der Waals surface area contributed by atoms with Crippen molar-refractivity contribution in [2.45, 2.75) is 6.92 Å². The van der Waals surface area contributed by atoms with Gasteiger partial charge in [0.1, 0.15) is 5.82 Å². The van der Waals surface area contributed by atoms with Crippen LogP contribution in [-0.2, 0) is 0 Å². The molecular weight excluding hydrogens is 229 g/mol. The normalized spacial score (nSPS) is 10.2. The summed E-state index contributed by atoms with van der Waals surface area (Å²) in [5.74, 6) is -0.204. The Morgan fingerprint density at radius 2 is 1.39 bits per heavy atom. The van der Waals surface area contributed by atoms with Crippen LogP contribution < -0.4 is 4.90 Å². The van der Waals surface area contributed by atoms with E-state index in [2.05, 4.69) is 0 Å². The maximum atomic E-state index is 12.8. The van der Waals surface area contributed by atoms with Gasteiger partial charge in [0.25, 0.3) is 0 Å². The van der Waals surface area contributed by atoms with Crippen LogP contribution >= 0.6 is 0 Å². The van der Waals surface area contributed by atoms with Gasteiger partial charge in [0.05, 0.1) is 0 Å². The third-order valence-electron chi connectivity index (χ3n) is 2.88. The molecule has 3 heteroatoms. The number of hydrogen-bond acceptors (Lipinski definition) is 2. The third kappa shape index (κ3) is 2.56. The fourth-order valence-corrected chi connectivity index (χ4v) is 1.73. The van der Waals surface area contributed by atoms with Crippen LogP contribution in [0, 0.1) is 5.82 Å². The van der Waals surface area contributed by atoms with E-state index in [-0.39, 0.29) is 11.6 Å². The van der Waals surface area contributed by atoms with Crippen molar-refractivity contribution in [2.75, 3.05) is 11.9 Å². The van der Waals surface area contributed by atoms with E-state index in [1.54, 1.807) is 31.2 Å². The van der Waals surface area contributed by atoms with Crippen LogP contribution in [0.25, 0.3) is 0 Å². The number of benzene rings is 2. The maximum Gasteiger partial charge on any atom is 0.159 e. The first kappa shape index (κ1) is 12.3. The average molecular weight is 243 g/mol. The Balaban J connectivity index is 2.25. The lowest BCUT2D eigenvalue weighted by Gasteiger charge is -2.19. The van der Waals surface area contributed by atoms with Gasteiger partial charge < -0.3 is 4.90 Å². The Bertz CT molecular complexity index is 546. The molecule has 0 aliphatic rings. The molecule has 0 aliphatic heterocycles. The quantitative estimate of drug-likeness (QED) is 0.764. The lowest BCUT2D eigenvalue weighted by Crippen LogP contribution is -2.09. The number of hydrogen-bond donors (Lipinski definition) is 0. The second-order valence-corrected chi connectivity index (χ2v) is 4.14. The van der Waals surface area contributed by atoms with Gasteiger partial charge in [-0.2, -0.15) is 0 Å². The van der Waals surface area contributed by atoms with Crippen LogP contribution in [0.3, 0.4) is 0 Å². The predicted molar refractivity (Wildman–Crippen MR) is 70.9 cm³/mol. The molecule has 0 aliphatic carbocycles. The van der Waals surface area contributed by atoms with Crippen molar-refractivity contribution in [3.8, 4) is 0 Å². The molecular formula is C15H14FNO. The molecule has 92 valence electrons. The zero-order valence-corrected chi connectivity index (χ0v) is 10.4. The number of nitrogens with zero attached hydrogens (tertiary/aromatic N) is 1. The first-order valence-electron chi connectivity index (χ1n) is 5.68. The number of halogens is 1. The topological polar surface area (TPSA) is 20.3 Å². The zero-order chi connectivity index (χ0) is 13.1. The van der Waals surface area contributed by atoms with Gasteiger partial charge in [-0.25, -0.2) is 4.39 Å². The van der Waals surface area contributed by atoms with E-state index < -0.39 is 0 Å². The van der Waals surface area contributed by atoms with Crippen molar-refractivity contribution in [2.24, 2.45) is 0 Å². The van der Waals surface area contributed by atoms with Gasteiger partial charge in [-0.05, 0) is 55.5 Å². The molecule has 0 bridgehead atoms. The molecule has 0 atom stereocenters. The van der Waals surface area contributed by atoms with Crippen LogP contribution in [0.15, 0.2) is 48.5 Å². The third-order valence-corrected chi connectivity index (χ3v) is 2.88. The van der Waals surface area contributed by atoms with Gasteiger partial charge >= 0.3 is 0 Å². The van der Waals surface area contributed by atoms with E-state index in [1.807, 2.05) is 24.1 Å². The van der Waals surface area contributed by atoms with Crippen LogP contribution in [0.1, 0.15) is 17.3 Å². The molecule has 0 heterocycles. The minimum atomic E-state index is -0.251. The monoisotopic (exact) mass is 243 g/mol. The van der Waals surface area contributed by atoms with E-state index in [4.69, 9.17) is 0 Å². The molecule has 0 radical (unpaired) electrons. The van der Waals surface area contributed by atoms with Crippen LogP contribution in [0.4, 0.5) is 15.8 Å². The number of carbonyl (C=O) groups is 1. The highest BCUT2D eigenvalue weighted by atomic mass is 19.1.